The van der Waals surface area contributed by atoms with Crippen LogP contribution in [-0.4, -0.2) is 32.1 Å². The Bertz CT molecular complexity index is 737. The van der Waals surface area contributed by atoms with Crippen LogP contribution >= 0.6 is 0 Å². The van der Waals surface area contributed by atoms with E-state index in [-0.39, 0.29) is 11.9 Å². The molecule has 2 aromatic carbocycles. The summed E-state index contributed by atoms with van der Waals surface area (Å²) in [5.41, 5.74) is 2.87. The molecule has 27 heavy (non-hydrogen) atoms. The number of rotatable bonds is 6. The fourth-order valence-corrected chi connectivity index (χ4v) is 3.40. The molecule has 0 spiro atoms. The third-order valence-electron chi connectivity index (χ3n) is 4.98. The van der Waals surface area contributed by atoms with Crippen molar-refractivity contribution < 1.29 is 9.53 Å². The standard InChI is InChI=1S/C22H29N3O2/c1-17(22(26)24-20-9-5-6-10-21(20)27-2)23-18-11-13-19(14-12-18)25-15-7-3-4-8-16-25/h5-6,9-14,17,23H,3-4,7-8,15-16H2,1-2H3,(H,24,26)/t17-/m0/s1. The summed E-state index contributed by atoms with van der Waals surface area (Å²) in [7, 11) is 1.60. The van der Waals surface area contributed by atoms with E-state index in [9.17, 15) is 4.79 Å². The van der Waals surface area contributed by atoms with Crippen LogP contribution < -0.4 is 20.3 Å². The average Bonchev–Trinajstić information content (AvgIpc) is 2.98. The molecular formula is C22H29N3O2. The Morgan fingerprint density at radius 3 is 2.33 bits per heavy atom. The second kappa shape index (κ2) is 9.31. The molecule has 0 bridgehead atoms. The van der Waals surface area contributed by atoms with Gasteiger partial charge in [0.2, 0.25) is 5.91 Å². The van der Waals surface area contributed by atoms with E-state index in [0.717, 1.165) is 18.8 Å². The van der Waals surface area contributed by atoms with Crippen LogP contribution in [0.4, 0.5) is 17.1 Å². The minimum absolute atomic E-state index is 0.101. The molecule has 1 amide bonds. The molecule has 3 rings (SSSR count). The Labute approximate surface area is 161 Å². The van der Waals surface area contributed by atoms with Crippen LogP contribution in [0.2, 0.25) is 0 Å². The van der Waals surface area contributed by atoms with E-state index in [1.807, 2.05) is 43.3 Å². The predicted molar refractivity (Wildman–Crippen MR) is 112 cm³/mol. The van der Waals surface area contributed by atoms with Crippen LogP contribution in [0.25, 0.3) is 0 Å². The first-order valence-electron chi connectivity index (χ1n) is 9.73. The maximum atomic E-state index is 12.5. The molecule has 2 N–H and O–H groups in total. The minimum atomic E-state index is -0.362. The molecule has 1 heterocycles. The molecule has 1 atom stereocenters. The second-order valence-electron chi connectivity index (χ2n) is 7.00. The van der Waals surface area contributed by atoms with Gasteiger partial charge in [0, 0.05) is 24.5 Å². The van der Waals surface area contributed by atoms with Gasteiger partial charge < -0.3 is 20.3 Å². The van der Waals surface area contributed by atoms with Gasteiger partial charge in [-0.15, -0.1) is 0 Å². The molecule has 1 aliphatic rings. The van der Waals surface area contributed by atoms with Crippen LogP contribution in [0.5, 0.6) is 5.75 Å². The molecule has 1 aliphatic heterocycles. The van der Waals surface area contributed by atoms with Crippen molar-refractivity contribution in [2.75, 3.05) is 35.7 Å². The Hall–Kier alpha value is -2.69. The Morgan fingerprint density at radius 1 is 1.00 bits per heavy atom. The summed E-state index contributed by atoms with van der Waals surface area (Å²) in [5, 5.41) is 6.19. The number of nitrogens with one attached hydrogen (secondary N) is 2. The zero-order valence-electron chi connectivity index (χ0n) is 16.2. The third kappa shape index (κ3) is 5.16. The number of hydrogen-bond acceptors (Lipinski definition) is 4. The topological polar surface area (TPSA) is 53.6 Å². The molecular weight excluding hydrogens is 338 g/mol. The highest BCUT2D eigenvalue weighted by molar-refractivity contribution is 5.97. The number of carbonyl (C=O) groups is 1. The summed E-state index contributed by atoms with van der Waals surface area (Å²) < 4.78 is 5.28. The summed E-state index contributed by atoms with van der Waals surface area (Å²) in [4.78, 5) is 15.0. The predicted octanol–water partition coefficient (Wildman–Crippen LogP) is 4.51. The number of amides is 1. The van der Waals surface area contributed by atoms with Crippen molar-refractivity contribution in [1.82, 2.24) is 0 Å². The lowest BCUT2D eigenvalue weighted by Crippen LogP contribution is -2.32. The van der Waals surface area contributed by atoms with Crippen molar-refractivity contribution >= 4 is 23.0 Å². The van der Waals surface area contributed by atoms with E-state index in [4.69, 9.17) is 4.74 Å². The monoisotopic (exact) mass is 367 g/mol. The molecule has 0 unspecified atom stereocenters. The fraction of sp³-hybridized carbons (Fsp3) is 0.409. The number of ether oxygens (including phenoxy) is 1. The van der Waals surface area contributed by atoms with E-state index in [0.29, 0.717) is 11.4 Å². The molecule has 144 valence electrons. The van der Waals surface area contributed by atoms with Gasteiger partial charge in [0.15, 0.2) is 0 Å². The van der Waals surface area contributed by atoms with Crippen LogP contribution in [0.15, 0.2) is 48.5 Å². The number of benzene rings is 2. The number of nitrogens with zero attached hydrogens (tertiary/aromatic N) is 1. The molecule has 0 aliphatic carbocycles. The van der Waals surface area contributed by atoms with Gasteiger partial charge >= 0.3 is 0 Å². The van der Waals surface area contributed by atoms with Crippen molar-refractivity contribution in [2.45, 2.75) is 38.6 Å². The van der Waals surface area contributed by atoms with Gasteiger partial charge in [-0.2, -0.15) is 0 Å². The van der Waals surface area contributed by atoms with Gasteiger partial charge in [0.25, 0.3) is 0 Å². The van der Waals surface area contributed by atoms with Gasteiger partial charge in [-0.3, -0.25) is 4.79 Å². The molecule has 2 aromatic rings. The third-order valence-corrected chi connectivity index (χ3v) is 4.98. The van der Waals surface area contributed by atoms with E-state index in [1.54, 1.807) is 7.11 Å². The molecule has 0 aromatic heterocycles. The zero-order chi connectivity index (χ0) is 19.1. The molecule has 1 saturated heterocycles. The van der Waals surface area contributed by atoms with Gasteiger partial charge in [0.1, 0.15) is 11.8 Å². The number of para-hydroxylation sites is 2. The maximum absolute atomic E-state index is 12.5. The quantitative estimate of drug-likeness (QED) is 0.788. The van der Waals surface area contributed by atoms with Gasteiger partial charge in [-0.05, 0) is 56.2 Å². The highest BCUT2D eigenvalue weighted by Gasteiger charge is 2.15. The van der Waals surface area contributed by atoms with Gasteiger partial charge in [-0.1, -0.05) is 25.0 Å². The number of anilines is 3. The van der Waals surface area contributed by atoms with Crippen molar-refractivity contribution in [3.8, 4) is 5.75 Å². The highest BCUT2D eigenvalue weighted by Crippen LogP contribution is 2.24. The Morgan fingerprint density at radius 2 is 1.67 bits per heavy atom. The summed E-state index contributed by atoms with van der Waals surface area (Å²) >= 11 is 0. The van der Waals surface area contributed by atoms with Gasteiger partial charge in [-0.25, -0.2) is 0 Å². The normalized spacial score (nSPS) is 15.6. The number of carbonyl (C=O) groups excluding carboxylic acids is 1. The molecule has 0 radical (unpaired) electrons. The minimum Gasteiger partial charge on any atom is -0.495 e. The number of methoxy groups -OCH3 is 1. The molecule has 0 saturated carbocycles. The van der Waals surface area contributed by atoms with E-state index in [1.165, 1.54) is 31.4 Å². The van der Waals surface area contributed by atoms with Crippen molar-refractivity contribution in [3.05, 3.63) is 48.5 Å². The smallest absolute Gasteiger partial charge is 0.246 e. The molecule has 1 fully saturated rings. The average molecular weight is 367 g/mol. The largest absolute Gasteiger partial charge is 0.495 e. The zero-order valence-corrected chi connectivity index (χ0v) is 16.2. The number of hydrogen-bond donors (Lipinski definition) is 2. The summed E-state index contributed by atoms with van der Waals surface area (Å²) in [6, 6.07) is 15.4. The van der Waals surface area contributed by atoms with E-state index in [2.05, 4.69) is 27.7 Å². The molecule has 5 nitrogen and oxygen atoms in total. The lowest BCUT2D eigenvalue weighted by atomic mass is 10.2. The first kappa shape index (κ1) is 19.1. The lowest BCUT2D eigenvalue weighted by Gasteiger charge is -2.23. The fourth-order valence-electron chi connectivity index (χ4n) is 3.40. The summed E-state index contributed by atoms with van der Waals surface area (Å²) in [6.45, 7) is 4.11. The second-order valence-corrected chi connectivity index (χ2v) is 7.00. The highest BCUT2D eigenvalue weighted by atomic mass is 16.5. The maximum Gasteiger partial charge on any atom is 0.246 e. The summed E-state index contributed by atoms with van der Waals surface area (Å²) in [6.07, 6.45) is 5.18. The first-order valence-corrected chi connectivity index (χ1v) is 9.73. The summed E-state index contributed by atoms with van der Waals surface area (Å²) in [5.74, 6) is 0.552. The van der Waals surface area contributed by atoms with Crippen LogP contribution in [0, 0.1) is 0 Å². The van der Waals surface area contributed by atoms with Crippen LogP contribution in [0.1, 0.15) is 32.6 Å². The van der Waals surface area contributed by atoms with Gasteiger partial charge in [0.05, 0.1) is 12.8 Å². The van der Waals surface area contributed by atoms with Crippen molar-refractivity contribution in [2.24, 2.45) is 0 Å². The van der Waals surface area contributed by atoms with Crippen LogP contribution in [-0.2, 0) is 4.79 Å². The van der Waals surface area contributed by atoms with Crippen LogP contribution in [0.3, 0.4) is 0 Å². The SMILES string of the molecule is COc1ccccc1NC(=O)[C@H](C)Nc1ccc(N2CCCCCC2)cc1. The molecule has 5 heteroatoms. The lowest BCUT2D eigenvalue weighted by molar-refractivity contribution is -0.116. The first-order chi connectivity index (χ1) is 13.2. The van der Waals surface area contributed by atoms with E-state index < -0.39 is 0 Å². The Balaban J connectivity index is 1.58. The van der Waals surface area contributed by atoms with Crippen molar-refractivity contribution in [1.29, 1.82) is 0 Å². The van der Waals surface area contributed by atoms with Crippen molar-refractivity contribution in [3.63, 3.8) is 0 Å². The van der Waals surface area contributed by atoms with E-state index >= 15 is 0 Å². The Kier molecular flexibility index (Phi) is 6.58.